The van der Waals surface area contributed by atoms with Crippen molar-refractivity contribution in [3.63, 3.8) is 0 Å². The molecule has 1 N–H and O–H groups in total. The minimum Gasteiger partial charge on any atom is -0.376 e. The van der Waals surface area contributed by atoms with Gasteiger partial charge in [-0.15, -0.1) is 23.4 Å². The Kier molecular flexibility index (Phi) is 6.01. The molecular formula is C24H19Cl3N2O2S. The molecule has 0 saturated heterocycles. The molecule has 1 aliphatic carbocycles. The molecule has 4 nitrogen and oxygen atoms in total. The van der Waals surface area contributed by atoms with E-state index in [9.17, 15) is 10.1 Å². The Balaban J connectivity index is 1.56. The highest BCUT2D eigenvalue weighted by Crippen LogP contribution is 2.59. The van der Waals surface area contributed by atoms with E-state index in [1.54, 1.807) is 18.2 Å². The highest BCUT2D eigenvalue weighted by molar-refractivity contribution is 8.00. The van der Waals surface area contributed by atoms with Crippen LogP contribution in [0.1, 0.15) is 29.5 Å². The highest BCUT2D eigenvalue weighted by Gasteiger charge is 2.50. The van der Waals surface area contributed by atoms with Gasteiger partial charge in [-0.2, -0.15) is 0 Å². The van der Waals surface area contributed by atoms with Gasteiger partial charge >= 0.3 is 0 Å². The molecule has 32 heavy (non-hydrogen) atoms. The zero-order chi connectivity index (χ0) is 22.4. The van der Waals surface area contributed by atoms with E-state index >= 15 is 0 Å². The van der Waals surface area contributed by atoms with Crippen LogP contribution in [0, 0.1) is 16.0 Å². The van der Waals surface area contributed by atoms with Gasteiger partial charge in [0, 0.05) is 22.3 Å². The predicted octanol–water partition coefficient (Wildman–Crippen LogP) is 7.94. The van der Waals surface area contributed by atoms with Crippen LogP contribution in [0.4, 0.5) is 11.4 Å². The molecule has 0 radical (unpaired) electrons. The summed E-state index contributed by atoms with van der Waals surface area (Å²) >= 11 is 21.6. The zero-order valence-electron chi connectivity index (χ0n) is 16.8. The second kappa shape index (κ2) is 8.79. The standard InChI is InChI=1S/C24H19Cl3N2O2S/c25-14-10-15-21-16(23(13-6-2-1-3-7-13)28-24(15)17(26)11-14)12-20(22(21)27)32-19-9-5-4-8-18(19)29(30)31/h1-11,16,20-23,28H,12H2/t16-,20+,21-,22+,23-/m1/s1. The Hall–Kier alpha value is -1.92. The summed E-state index contributed by atoms with van der Waals surface area (Å²) in [5, 5.41) is 16.1. The summed E-state index contributed by atoms with van der Waals surface area (Å²) < 4.78 is 0. The lowest BCUT2D eigenvalue weighted by atomic mass is 9.77. The van der Waals surface area contributed by atoms with E-state index in [0.717, 1.165) is 17.7 Å². The number of thioether (sulfide) groups is 1. The first-order chi connectivity index (χ1) is 15.4. The van der Waals surface area contributed by atoms with Crippen LogP contribution in [-0.4, -0.2) is 15.6 Å². The molecule has 5 atom stereocenters. The number of nitro groups is 1. The highest BCUT2D eigenvalue weighted by atomic mass is 35.5. The molecule has 1 saturated carbocycles. The SMILES string of the molecule is O=[N+]([O-])c1ccccc1S[C@H]1C[C@@H]2[C@@H](c3cc(Cl)cc(Cl)c3N[C@@H]2c2ccccc2)[C@H]1Cl. The molecule has 0 unspecified atom stereocenters. The van der Waals surface area contributed by atoms with Crippen LogP contribution in [-0.2, 0) is 0 Å². The molecule has 3 aromatic rings. The minimum absolute atomic E-state index is 0.00415. The van der Waals surface area contributed by atoms with Crippen molar-refractivity contribution in [3.8, 4) is 0 Å². The summed E-state index contributed by atoms with van der Waals surface area (Å²) in [5.41, 5.74) is 3.17. The smallest absolute Gasteiger partial charge is 0.282 e. The van der Waals surface area contributed by atoms with Gasteiger partial charge in [0.25, 0.3) is 5.69 Å². The number of para-hydroxylation sites is 1. The van der Waals surface area contributed by atoms with Crippen LogP contribution in [0.5, 0.6) is 0 Å². The van der Waals surface area contributed by atoms with Crippen molar-refractivity contribution in [3.05, 3.63) is 98.0 Å². The molecule has 0 aromatic heterocycles. The van der Waals surface area contributed by atoms with E-state index in [-0.39, 0.29) is 39.1 Å². The van der Waals surface area contributed by atoms with Gasteiger partial charge in [0.1, 0.15) is 0 Å². The second-order valence-corrected chi connectivity index (χ2v) is 10.8. The molecule has 1 fully saturated rings. The maximum Gasteiger partial charge on any atom is 0.282 e. The number of hydrogen-bond acceptors (Lipinski definition) is 4. The van der Waals surface area contributed by atoms with Gasteiger partial charge in [-0.3, -0.25) is 10.1 Å². The van der Waals surface area contributed by atoms with Crippen LogP contribution in [0.2, 0.25) is 10.0 Å². The third-order valence-corrected chi connectivity index (χ3v) is 8.96. The first kappa shape index (κ1) is 21.9. The van der Waals surface area contributed by atoms with Gasteiger partial charge in [-0.1, -0.05) is 65.7 Å². The third-order valence-electron chi connectivity index (χ3n) is 6.34. The molecule has 8 heteroatoms. The van der Waals surface area contributed by atoms with Gasteiger partial charge in [0.15, 0.2) is 0 Å². The van der Waals surface area contributed by atoms with Crippen LogP contribution < -0.4 is 5.32 Å². The van der Waals surface area contributed by atoms with E-state index in [0.29, 0.717) is 14.9 Å². The van der Waals surface area contributed by atoms with E-state index in [4.69, 9.17) is 34.8 Å². The van der Waals surface area contributed by atoms with Crippen molar-refractivity contribution in [2.24, 2.45) is 5.92 Å². The van der Waals surface area contributed by atoms with Gasteiger partial charge in [-0.25, -0.2) is 0 Å². The summed E-state index contributed by atoms with van der Waals surface area (Å²) in [5.74, 6) is 0.219. The largest absolute Gasteiger partial charge is 0.376 e. The normalized spacial score (nSPS) is 26.2. The topological polar surface area (TPSA) is 55.2 Å². The molecular weight excluding hydrogens is 487 g/mol. The van der Waals surface area contributed by atoms with E-state index in [1.165, 1.54) is 23.4 Å². The molecule has 2 aliphatic rings. The number of halogens is 3. The Morgan fingerprint density at radius 1 is 1.03 bits per heavy atom. The average Bonchev–Trinajstić information content (AvgIpc) is 3.10. The number of alkyl halides is 1. The Morgan fingerprint density at radius 3 is 2.50 bits per heavy atom. The van der Waals surface area contributed by atoms with Gasteiger partial charge in [0.05, 0.1) is 31.9 Å². The predicted molar refractivity (Wildman–Crippen MR) is 132 cm³/mol. The second-order valence-electron chi connectivity index (χ2n) is 8.14. The molecule has 1 heterocycles. The molecule has 164 valence electrons. The maximum atomic E-state index is 11.5. The fourth-order valence-electron chi connectivity index (χ4n) is 5.00. The van der Waals surface area contributed by atoms with E-state index in [2.05, 4.69) is 17.4 Å². The summed E-state index contributed by atoms with van der Waals surface area (Å²) in [6, 6.07) is 20.8. The summed E-state index contributed by atoms with van der Waals surface area (Å²) in [6.07, 6.45) is 0.811. The van der Waals surface area contributed by atoms with Gasteiger partial charge in [0.2, 0.25) is 0 Å². The summed E-state index contributed by atoms with van der Waals surface area (Å²) in [6.45, 7) is 0. The molecule has 0 amide bonds. The van der Waals surface area contributed by atoms with Crippen molar-refractivity contribution in [2.75, 3.05) is 5.32 Å². The van der Waals surface area contributed by atoms with E-state index < -0.39 is 0 Å². The first-order valence-electron chi connectivity index (χ1n) is 10.3. The molecule has 0 spiro atoms. The minimum atomic E-state index is -0.337. The Bertz CT molecular complexity index is 1180. The number of hydrogen-bond donors (Lipinski definition) is 1. The van der Waals surface area contributed by atoms with Crippen molar-refractivity contribution < 1.29 is 4.92 Å². The number of anilines is 1. The number of fused-ring (bicyclic) bond motifs is 3. The Labute approximate surface area is 205 Å². The number of nitrogens with one attached hydrogen (secondary N) is 1. The van der Waals surface area contributed by atoms with E-state index in [1.807, 2.05) is 30.3 Å². The van der Waals surface area contributed by atoms with Crippen LogP contribution in [0.3, 0.4) is 0 Å². The van der Waals surface area contributed by atoms with Crippen molar-refractivity contribution in [1.29, 1.82) is 0 Å². The van der Waals surface area contributed by atoms with Crippen LogP contribution in [0.25, 0.3) is 0 Å². The van der Waals surface area contributed by atoms with Crippen molar-refractivity contribution in [1.82, 2.24) is 0 Å². The first-order valence-corrected chi connectivity index (χ1v) is 12.4. The maximum absolute atomic E-state index is 11.5. The van der Waals surface area contributed by atoms with Crippen LogP contribution in [0.15, 0.2) is 71.6 Å². The fraction of sp³-hybridized carbons (Fsp3) is 0.250. The fourth-order valence-corrected chi connectivity index (χ4v) is 7.51. The lowest BCUT2D eigenvalue weighted by molar-refractivity contribution is -0.387. The van der Waals surface area contributed by atoms with Crippen LogP contribution >= 0.6 is 46.6 Å². The number of nitro benzene ring substituents is 1. The van der Waals surface area contributed by atoms with Crippen molar-refractivity contribution in [2.45, 2.75) is 33.9 Å². The number of rotatable bonds is 4. The lowest BCUT2D eigenvalue weighted by Crippen LogP contribution is -2.31. The third kappa shape index (κ3) is 3.86. The summed E-state index contributed by atoms with van der Waals surface area (Å²) in [4.78, 5) is 11.8. The lowest BCUT2D eigenvalue weighted by Gasteiger charge is -2.39. The zero-order valence-corrected chi connectivity index (χ0v) is 19.8. The Morgan fingerprint density at radius 2 is 1.75 bits per heavy atom. The molecule has 3 aromatic carbocycles. The summed E-state index contributed by atoms with van der Waals surface area (Å²) in [7, 11) is 0. The number of nitrogens with zero attached hydrogens (tertiary/aromatic N) is 1. The quantitative estimate of drug-likeness (QED) is 0.222. The van der Waals surface area contributed by atoms with Gasteiger partial charge in [-0.05, 0) is 41.7 Å². The van der Waals surface area contributed by atoms with Gasteiger partial charge < -0.3 is 5.32 Å². The molecule has 0 bridgehead atoms. The number of benzene rings is 3. The monoisotopic (exact) mass is 504 g/mol. The molecule has 1 aliphatic heterocycles. The van der Waals surface area contributed by atoms with Crippen molar-refractivity contribution >= 4 is 57.9 Å². The average molecular weight is 506 g/mol. The molecule has 5 rings (SSSR count).